The maximum absolute atomic E-state index is 9.09. The highest BCUT2D eigenvalue weighted by Gasteiger charge is 2.17. The summed E-state index contributed by atoms with van der Waals surface area (Å²) in [5.41, 5.74) is 2.19. The summed E-state index contributed by atoms with van der Waals surface area (Å²) < 4.78 is 1.08. The maximum Gasteiger partial charge on any atom is 0.0682 e. The van der Waals surface area contributed by atoms with E-state index in [1.165, 1.54) is 5.69 Å². The van der Waals surface area contributed by atoms with Crippen molar-refractivity contribution in [3.8, 4) is 0 Å². The molecular weight excluding hydrogens is 280 g/mol. The lowest BCUT2D eigenvalue weighted by Gasteiger charge is -2.36. The second kappa shape index (κ2) is 5.85. The first-order valence-electron chi connectivity index (χ1n) is 6.11. The van der Waals surface area contributed by atoms with Crippen molar-refractivity contribution in [2.24, 2.45) is 0 Å². The Kier molecular flexibility index (Phi) is 4.42. The summed E-state index contributed by atoms with van der Waals surface area (Å²) in [6.07, 6.45) is 0. The van der Waals surface area contributed by atoms with E-state index in [9.17, 15) is 0 Å². The number of anilines is 1. The van der Waals surface area contributed by atoms with Crippen molar-refractivity contribution in [1.29, 1.82) is 0 Å². The summed E-state index contributed by atoms with van der Waals surface area (Å²) in [5, 5.41) is 9.09. The van der Waals surface area contributed by atoms with E-state index in [-0.39, 0.29) is 6.61 Å². The van der Waals surface area contributed by atoms with Gasteiger partial charge in [0.2, 0.25) is 0 Å². The molecule has 1 aliphatic rings. The van der Waals surface area contributed by atoms with Crippen LogP contribution in [-0.4, -0.2) is 42.7 Å². The molecule has 0 saturated carbocycles. The van der Waals surface area contributed by atoms with Crippen LogP contribution in [0, 0.1) is 0 Å². The smallest absolute Gasteiger partial charge is 0.0682 e. The highest BCUT2D eigenvalue weighted by molar-refractivity contribution is 9.10. The van der Waals surface area contributed by atoms with Crippen LogP contribution in [0.4, 0.5) is 5.69 Å². The minimum absolute atomic E-state index is 0.0997. The summed E-state index contributed by atoms with van der Waals surface area (Å²) >= 11 is 3.59. The second-order valence-corrected chi connectivity index (χ2v) is 5.22. The van der Waals surface area contributed by atoms with Crippen LogP contribution in [0.15, 0.2) is 22.7 Å². The van der Waals surface area contributed by atoms with Crippen molar-refractivity contribution in [1.82, 2.24) is 4.90 Å². The molecule has 0 bridgehead atoms. The van der Waals surface area contributed by atoms with E-state index >= 15 is 0 Å². The second-order valence-electron chi connectivity index (χ2n) is 4.37. The van der Waals surface area contributed by atoms with Crippen LogP contribution in [0.5, 0.6) is 0 Å². The third-order valence-corrected chi connectivity index (χ3v) is 3.99. The van der Waals surface area contributed by atoms with Crippen molar-refractivity contribution in [3.63, 3.8) is 0 Å². The van der Waals surface area contributed by atoms with E-state index in [0.29, 0.717) is 0 Å². The number of hydrogen-bond acceptors (Lipinski definition) is 3. The number of aliphatic hydroxyl groups is 1. The van der Waals surface area contributed by atoms with Gasteiger partial charge in [0.05, 0.1) is 12.3 Å². The lowest BCUT2D eigenvalue weighted by molar-refractivity contribution is 0.271. The van der Waals surface area contributed by atoms with E-state index in [4.69, 9.17) is 5.11 Å². The molecule has 1 aromatic carbocycles. The Labute approximate surface area is 111 Å². The van der Waals surface area contributed by atoms with E-state index in [2.05, 4.69) is 38.7 Å². The first-order chi connectivity index (χ1) is 8.24. The Morgan fingerprint density at radius 2 is 1.94 bits per heavy atom. The third kappa shape index (κ3) is 3.00. The molecule has 0 unspecified atom stereocenters. The average Bonchev–Trinajstić information content (AvgIpc) is 2.39. The predicted molar refractivity (Wildman–Crippen MR) is 74.4 cm³/mol. The molecule has 1 saturated heterocycles. The Hall–Kier alpha value is -0.580. The van der Waals surface area contributed by atoms with Crippen LogP contribution in [0.25, 0.3) is 0 Å². The van der Waals surface area contributed by atoms with Gasteiger partial charge in [-0.3, -0.25) is 0 Å². The number of hydrogen-bond donors (Lipinski definition) is 1. The van der Waals surface area contributed by atoms with Gasteiger partial charge in [-0.2, -0.15) is 0 Å². The molecule has 0 aromatic heterocycles. The van der Waals surface area contributed by atoms with Crippen molar-refractivity contribution < 1.29 is 5.11 Å². The molecule has 0 aliphatic carbocycles. The first-order valence-corrected chi connectivity index (χ1v) is 6.90. The summed E-state index contributed by atoms with van der Waals surface area (Å²) in [5.74, 6) is 0. The Morgan fingerprint density at radius 1 is 1.24 bits per heavy atom. The van der Waals surface area contributed by atoms with Gasteiger partial charge in [-0.25, -0.2) is 0 Å². The molecule has 94 valence electrons. The van der Waals surface area contributed by atoms with Gasteiger partial charge in [-0.1, -0.05) is 13.0 Å². The first kappa shape index (κ1) is 12.9. The van der Waals surface area contributed by atoms with Gasteiger partial charge in [0, 0.05) is 30.7 Å². The molecule has 2 rings (SSSR count). The monoisotopic (exact) mass is 298 g/mol. The molecule has 0 amide bonds. The van der Waals surface area contributed by atoms with Crippen LogP contribution in [0.3, 0.4) is 0 Å². The molecular formula is C13H19BrN2O. The minimum Gasteiger partial charge on any atom is -0.392 e. The lowest BCUT2D eigenvalue weighted by Crippen LogP contribution is -2.46. The van der Waals surface area contributed by atoms with Crippen molar-refractivity contribution in [2.75, 3.05) is 37.6 Å². The zero-order valence-electron chi connectivity index (χ0n) is 10.2. The van der Waals surface area contributed by atoms with E-state index in [1.54, 1.807) is 0 Å². The fourth-order valence-corrected chi connectivity index (χ4v) is 2.89. The lowest BCUT2D eigenvalue weighted by atomic mass is 10.2. The molecule has 1 aliphatic heterocycles. The van der Waals surface area contributed by atoms with E-state index in [1.807, 2.05) is 12.1 Å². The highest BCUT2D eigenvalue weighted by atomic mass is 79.9. The predicted octanol–water partition coefficient (Wildman–Crippen LogP) is 2.08. The Morgan fingerprint density at radius 3 is 2.47 bits per heavy atom. The topological polar surface area (TPSA) is 26.7 Å². The molecule has 0 spiro atoms. The molecule has 1 heterocycles. The molecule has 1 N–H and O–H groups in total. The summed E-state index contributed by atoms with van der Waals surface area (Å²) in [6, 6.07) is 6.09. The number of benzene rings is 1. The molecule has 3 nitrogen and oxygen atoms in total. The van der Waals surface area contributed by atoms with Crippen molar-refractivity contribution >= 4 is 21.6 Å². The molecule has 1 aromatic rings. The van der Waals surface area contributed by atoms with Crippen LogP contribution >= 0.6 is 15.9 Å². The van der Waals surface area contributed by atoms with Crippen molar-refractivity contribution in [3.05, 3.63) is 28.2 Å². The maximum atomic E-state index is 9.09. The number of likely N-dealkylation sites (N-methyl/N-ethyl adjacent to an activating group) is 1. The summed E-state index contributed by atoms with van der Waals surface area (Å²) in [4.78, 5) is 4.86. The zero-order valence-corrected chi connectivity index (χ0v) is 11.8. The normalized spacial score (nSPS) is 17.5. The number of rotatable bonds is 3. The average molecular weight is 299 g/mol. The minimum atomic E-state index is 0.0997. The van der Waals surface area contributed by atoms with Gasteiger partial charge in [-0.05, 0) is 40.2 Å². The number of piperazine rings is 1. The molecule has 1 fully saturated rings. The van der Waals surface area contributed by atoms with Crippen LogP contribution in [0.1, 0.15) is 12.5 Å². The van der Waals surface area contributed by atoms with Gasteiger partial charge < -0.3 is 14.9 Å². The van der Waals surface area contributed by atoms with Crippen LogP contribution in [-0.2, 0) is 6.61 Å². The Bertz CT molecular complexity index is 376. The van der Waals surface area contributed by atoms with Gasteiger partial charge in [0.25, 0.3) is 0 Å². The van der Waals surface area contributed by atoms with Gasteiger partial charge in [0.1, 0.15) is 0 Å². The molecule has 0 radical (unpaired) electrons. The molecule has 0 atom stereocenters. The van der Waals surface area contributed by atoms with Crippen molar-refractivity contribution in [2.45, 2.75) is 13.5 Å². The fourth-order valence-electron chi connectivity index (χ4n) is 2.21. The number of aliphatic hydroxyl groups excluding tert-OH is 1. The van der Waals surface area contributed by atoms with Gasteiger partial charge >= 0.3 is 0 Å². The zero-order chi connectivity index (χ0) is 12.3. The summed E-state index contributed by atoms with van der Waals surface area (Å²) in [7, 11) is 0. The molecule has 17 heavy (non-hydrogen) atoms. The quantitative estimate of drug-likeness (QED) is 0.926. The molecule has 4 heteroatoms. The third-order valence-electron chi connectivity index (χ3n) is 3.35. The van der Waals surface area contributed by atoms with Gasteiger partial charge in [-0.15, -0.1) is 0 Å². The Balaban J connectivity index is 2.08. The number of nitrogens with zero attached hydrogens (tertiary/aromatic N) is 2. The van der Waals surface area contributed by atoms with E-state index in [0.717, 1.165) is 42.8 Å². The highest BCUT2D eigenvalue weighted by Crippen LogP contribution is 2.28. The van der Waals surface area contributed by atoms with Gasteiger partial charge in [0.15, 0.2) is 0 Å². The summed E-state index contributed by atoms with van der Waals surface area (Å²) in [6.45, 7) is 7.85. The number of halogens is 1. The largest absolute Gasteiger partial charge is 0.392 e. The standard InChI is InChI=1S/C13H19BrN2O/c1-2-15-5-7-16(8-6-15)13-4-3-11(10-17)9-12(13)14/h3-4,9,17H,2,5-8,10H2,1H3. The SMILES string of the molecule is CCN1CCN(c2ccc(CO)cc2Br)CC1. The van der Waals surface area contributed by atoms with Crippen LogP contribution < -0.4 is 4.90 Å². The van der Waals surface area contributed by atoms with Crippen LogP contribution in [0.2, 0.25) is 0 Å². The van der Waals surface area contributed by atoms with E-state index < -0.39 is 0 Å². The fraction of sp³-hybridized carbons (Fsp3) is 0.538.